The van der Waals surface area contributed by atoms with E-state index in [1.807, 2.05) is 23.6 Å². The Hall–Kier alpha value is -3.04. The molecular formula is C20H18N2O3S. The van der Waals surface area contributed by atoms with E-state index in [1.165, 1.54) is 18.4 Å². The van der Waals surface area contributed by atoms with Crippen molar-refractivity contribution in [2.75, 3.05) is 14.2 Å². The van der Waals surface area contributed by atoms with Crippen LogP contribution in [0.5, 0.6) is 11.5 Å². The van der Waals surface area contributed by atoms with Crippen molar-refractivity contribution >= 4 is 27.5 Å². The largest absolute Gasteiger partial charge is 0.497 e. The van der Waals surface area contributed by atoms with Gasteiger partial charge in [-0.1, -0.05) is 23.3 Å². The molecule has 1 amide bonds. The van der Waals surface area contributed by atoms with Gasteiger partial charge in [-0.3, -0.25) is 4.79 Å². The summed E-state index contributed by atoms with van der Waals surface area (Å²) < 4.78 is 13.4. The van der Waals surface area contributed by atoms with Gasteiger partial charge in [-0.05, 0) is 42.8 Å². The number of fused-ring (bicyclic) bond motifs is 1. The van der Waals surface area contributed by atoms with Crippen molar-refractivity contribution in [1.29, 1.82) is 0 Å². The van der Waals surface area contributed by atoms with Gasteiger partial charge in [0.15, 0.2) is 4.80 Å². The summed E-state index contributed by atoms with van der Waals surface area (Å²) in [5, 5.41) is 0. The highest BCUT2D eigenvalue weighted by Crippen LogP contribution is 2.25. The number of aryl methyl sites for hydroxylation is 1. The smallest absolute Gasteiger partial charge is 0.283 e. The van der Waals surface area contributed by atoms with Crippen LogP contribution in [0.4, 0.5) is 0 Å². The Kier molecular flexibility index (Phi) is 5.10. The molecule has 0 atom stereocenters. The molecule has 0 bridgehead atoms. The molecule has 0 unspecified atom stereocenters. The number of nitrogens with zero attached hydrogens (tertiary/aromatic N) is 2. The third-order valence-electron chi connectivity index (χ3n) is 3.92. The zero-order valence-corrected chi connectivity index (χ0v) is 15.6. The van der Waals surface area contributed by atoms with Crippen LogP contribution >= 0.6 is 11.3 Å². The standard InChI is InChI=1S/C20H18N2O3S/c1-5-10-22-16-8-6-13(2)11-18(16)26-20(22)21-19(23)15-12-14(24-3)7-9-17(15)25-4/h1,6-9,11-12H,10H2,2-4H3. The average molecular weight is 366 g/mol. The zero-order chi connectivity index (χ0) is 18.7. The zero-order valence-electron chi connectivity index (χ0n) is 14.8. The topological polar surface area (TPSA) is 52.8 Å². The highest BCUT2D eigenvalue weighted by molar-refractivity contribution is 7.16. The molecule has 26 heavy (non-hydrogen) atoms. The highest BCUT2D eigenvalue weighted by Gasteiger charge is 2.14. The van der Waals surface area contributed by atoms with Crippen LogP contribution in [-0.2, 0) is 6.54 Å². The summed E-state index contributed by atoms with van der Waals surface area (Å²) in [6.45, 7) is 2.36. The molecule has 0 N–H and O–H groups in total. The number of benzene rings is 2. The van der Waals surface area contributed by atoms with Gasteiger partial charge in [-0.2, -0.15) is 4.99 Å². The van der Waals surface area contributed by atoms with Crippen LogP contribution in [0.2, 0.25) is 0 Å². The summed E-state index contributed by atoms with van der Waals surface area (Å²) in [6, 6.07) is 11.1. The van der Waals surface area contributed by atoms with Crippen molar-refractivity contribution in [2.24, 2.45) is 4.99 Å². The average Bonchev–Trinajstić information content (AvgIpc) is 2.97. The van der Waals surface area contributed by atoms with E-state index < -0.39 is 5.91 Å². The van der Waals surface area contributed by atoms with Crippen LogP contribution in [0, 0.1) is 19.3 Å². The molecule has 0 aliphatic rings. The Labute approximate surface area is 155 Å². The van der Waals surface area contributed by atoms with Crippen LogP contribution in [0.25, 0.3) is 10.2 Å². The van der Waals surface area contributed by atoms with Crippen molar-refractivity contribution in [2.45, 2.75) is 13.5 Å². The number of terminal acetylenes is 1. The first-order chi connectivity index (χ1) is 12.6. The predicted molar refractivity (Wildman–Crippen MR) is 103 cm³/mol. The fourth-order valence-electron chi connectivity index (χ4n) is 2.64. The van der Waals surface area contributed by atoms with Crippen LogP contribution in [-0.4, -0.2) is 24.7 Å². The lowest BCUT2D eigenvalue weighted by atomic mass is 10.2. The Morgan fingerprint density at radius 3 is 2.73 bits per heavy atom. The molecule has 0 aliphatic heterocycles. The first kappa shape index (κ1) is 17.8. The molecule has 5 nitrogen and oxygen atoms in total. The third-order valence-corrected chi connectivity index (χ3v) is 4.96. The van der Waals surface area contributed by atoms with Gasteiger partial charge in [0.2, 0.25) is 0 Å². The molecule has 3 aromatic rings. The van der Waals surface area contributed by atoms with Crippen molar-refractivity contribution in [3.8, 4) is 23.8 Å². The summed E-state index contributed by atoms with van der Waals surface area (Å²) in [6.07, 6.45) is 5.51. The summed E-state index contributed by atoms with van der Waals surface area (Å²) >= 11 is 1.43. The van der Waals surface area contributed by atoms with E-state index in [2.05, 4.69) is 17.0 Å². The Morgan fingerprint density at radius 1 is 1.23 bits per heavy atom. The second-order valence-corrected chi connectivity index (χ2v) is 6.64. The van der Waals surface area contributed by atoms with E-state index in [-0.39, 0.29) is 0 Å². The number of amides is 1. The van der Waals surface area contributed by atoms with E-state index in [9.17, 15) is 4.79 Å². The van der Waals surface area contributed by atoms with Gasteiger partial charge in [-0.25, -0.2) is 0 Å². The molecule has 0 radical (unpaired) electrons. The molecule has 3 rings (SSSR count). The Bertz CT molecular complexity index is 1090. The molecule has 0 saturated carbocycles. The predicted octanol–water partition coefficient (Wildman–Crippen LogP) is 3.40. The molecule has 0 fully saturated rings. The van der Waals surface area contributed by atoms with Crippen LogP contribution in [0.3, 0.4) is 0 Å². The number of thiazole rings is 1. The maximum atomic E-state index is 12.8. The lowest BCUT2D eigenvalue weighted by molar-refractivity contribution is 0.0994. The molecule has 0 spiro atoms. The van der Waals surface area contributed by atoms with E-state index in [1.54, 1.807) is 25.3 Å². The number of rotatable bonds is 4. The summed E-state index contributed by atoms with van der Waals surface area (Å²) in [7, 11) is 3.06. The van der Waals surface area contributed by atoms with Crippen molar-refractivity contribution in [3.05, 3.63) is 52.3 Å². The molecule has 2 aromatic carbocycles. The summed E-state index contributed by atoms with van der Waals surface area (Å²) in [5.74, 6) is 3.22. The Morgan fingerprint density at radius 2 is 2.04 bits per heavy atom. The summed E-state index contributed by atoms with van der Waals surface area (Å²) in [4.78, 5) is 17.7. The normalized spacial score (nSPS) is 11.4. The van der Waals surface area contributed by atoms with Gasteiger partial charge in [-0.15, -0.1) is 6.42 Å². The van der Waals surface area contributed by atoms with Crippen LogP contribution < -0.4 is 14.3 Å². The van der Waals surface area contributed by atoms with Crippen molar-refractivity contribution in [3.63, 3.8) is 0 Å². The van der Waals surface area contributed by atoms with Gasteiger partial charge in [0.25, 0.3) is 5.91 Å². The van der Waals surface area contributed by atoms with Gasteiger partial charge in [0.05, 0.1) is 36.5 Å². The lowest BCUT2D eigenvalue weighted by Gasteiger charge is -2.07. The quantitative estimate of drug-likeness (QED) is 0.665. The van der Waals surface area contributed by atoms with E-state index in [4.69, 9.17) is 15.9 Å². The number of aromatic nitrogens is 1. The monoisotopic (exact) mass is 366 g/mol. The molecule has 0 saturated heterocycles. The van der Waals surface area contributed by atoms with Crippen molar-refractivity contribution < 1.29 is 14.3 Å². The minimum atomic E-state index is -0.408. The van der Waals surface area contributed by atoms with E-state index in [0.29, 0.717) is 28.4 Å². The molecule has 6 heteroatoms. The minimum Gasteiger partial charge on any atom is -0.497 e. The fourth-order valence-corrected chi connectivity index (χ4v) is 3.76. The molecule has 132 valence electrons. The summed E-state index contributed by atoms with van der Waals surface area (Å²) in [5.41, 5.74) is 2.44. The third kappa shape index (κ3) is 3.35. The number of methoxy groups -OCH3 is 2. The van der Waals surface area contributed by atoms with Crippen LogP contribution in [0.1, 0.15) is 15.9 Å². The highest BCUT2D eigenvalue weighted by atomic mass is 32.1. The van der Waals surface area contributed by atoms with E-state index in [0.717, 1.165) is 15.8 Å². The van der Waals surface area contributed by atoms with E-state index >= 15 is 0 Å². The van der Waals surface area contributed by atoms with Crippen LogP contribution in [0.15, 0.2) is 41.4 Å². The molecule has 1 heterocycles. The molecule has 1 aromatic heterocycles. The molecule has 0 aliphatic carbocycles. The van der Waals surface area contributed by atoms with Gasteiger partial charge < -0.3 is 14.0 Å². The van der Waals surface area contributed by atoms with Gasteiger partial charge in [0, 0.05) is 0 Å². The molecular weight excluding hydrogens is 348 g/mol. The maximum absolute atomic E-state index is 12.8. The fraction of sp³-hybridized carbons (Fsp3) is 0.200. The second kappa shape index (κ2) is 7.46. The number of ether oxygens (including phenoxy) is 2. The first-order valence-electron chi connectivity index (χ1n) is 7.92. The minimum absolute atomic E-state index is 0.338. The number of carbonyl (C=O) groups is 1. The Balaban J connectivity index is 2.17. The SMILES string of the molecule is C#CCn1c(=NC(=O)c2cc(OC)ccc2OC)sc2cc(C)ccc21. The first-order valence-corrected chi connectivity index (χ1v) is 8.73. The number of hydrogen-bond acceptors (Lipinski definition) is 4. The lowest BCUT2D eigenvalue weighted by Crippen LogP contribution is -2.16. The maximum Gasteiger partial charge on any atom is 0.283 e. The van der Waals surface area contributed by atoms with Crippen molar-refractivity contribution in [1.82, 2.24) is 4.57 Å². The second-order valence-electron chi connectivity index (χ2n) is 5.63. The number of hydrogen-bond donors (Lipinski definition) is 0. The van der Waals surface area contributed by atoms with Gasteiger partial charge >= 0.3 is 0 Å². The van der Waals surface area contributed by atoms with Gasteiger partial charge in [0.1, 0.15) is 11.5 Å². The number of carbonyl (C=O) groups excluding carboxylic acids is 1.